The third-order valence-electron chi connectivity index (χ3n) is 5.77. The van der Waals surface area contributed by atoms with Gasteiger partial charge >= 0.3 is 0 Å². The molecule has 33 heavy (non-hydrogen) atoms. The van der Waals surface area contributed by atoms with Crippen LogP contribution in [-0.4, -0.2) is 43.6 Å². The number of carbonyl (C=O) groups is 2. The van der Waals surface area contributed by atoms with Gasteiger partial charge in [0.1, 0.15) is 23.0 Å². The molecule has 9 nitrogen and oxygen atoms in total. The molecule has 1 aliphatic heterocycles. The van der Waals surface area contributed by atoms with Crippen molar-refractivity contribution in [2.45, 2.75) is 25.8 Å². The largest absolute Gasteiger partial charge is 0.354 e. The van der Waals surface area contributed by atoms with Crippen LogP contribution in [0.1, 0.15) is 35.5 Å². The molecule has 0 saturated heterocycles. The molecule has 0 saturated carbocycles. The minimum absolute atomic E-state index is 0.0987. The van der Waals surface area contributed by atoms with Gasteiger partial charge in [0.2, 0.25) is 5.91 Å². The number of hydrogen-bond acceptors (Lipinski definition) is 6. The van der Waals surface area contributed by atoms with E-state index in [0.717, 1.165) is 0 Å². The second-order valence-electron chi connectivity index (χ2n) is 8.25. The van der Waals surface area contributed by atoms with Gasteiger partial charge in [-0.2, -0.15) is 5.10 Å². The van der Waals surface area contributed by atoms with Gasteiger partial charge in [0, 0.05) is 24.4 Å². The van der Waals surface area contributed by atoms with Crippen LogP contribution in [0.2, 0.25) is 0 Å². The Morgan fingerprint density at radius 1 is 1.18 bits per heavy atom. The average Bonchev–Trinajstić information content (AvgIpc) is 3.28. The highest BCUT2D eigenvalue weighted by molar-refractivity contribution is 6.09. The number of amides is 2. The summed E-state index contributed by atoms with van der Waals surface area (Å²) in [5.41, 5.74) is 0.912. The van der Waals surface area contributed by atoms with E-state index in [0.29, 0.717) is 27.9 Å². The molecular weight excluding hydrogens is 425 g/mol. The fourth-order valence-electron chi connectivity index (χ4n) is 3.98. The predicted molar refractivity (Wildman–Crippen MR) is 119 cm³/mol. The molecule has 1 aromatic carbocycles. The number of anilines is 1. The summed E-state index contributed by atoms with van der Waals surface area (Å²) in [6.07, 6.45) is 1.62. The van der Waals surface area contributed by atoms with E-state index >= 15 is 0 Å². The van der Waals surface area contributed by atoms with Gasteiger partial charge in [-0.3, -0.25) is 9.59 Å². The second-order valence-corrected chi connectivity index (χ2v) is 8.25. The number of benzene rings is 1. The molecule has 4 aromatic rings. The predicted octanol–water partition coefficient (Wildman–Crippen LogP) is 2.67. The molecule has 0 aliphatic carbocycles. The minimum Gasteiger partial charge on any atom is -0.354 e. The summed E-state index contributed by atoms with van der Waals surface area (Å²) in [5.74, 6) is -0.623. The van der Waals surface area contributed by atoms with Crippen molar-refractivity contribution in [3.05, 3.63) is 65.2 Å². The van der Waals surface area contributed by atoms with Crippen molar-refractivity contribution in [1.82, 2.24) is 30.0 Å². The molecule has 3 aromatic heterocycles. The van der Waals surface area contributed by atoms with Crippen LogP contribution in [0.3, 0.4) is 0 Å². The molecule has 0 fully saturated rings. The monoisotopic (exact) mass is 445 g/mol. The molecule has 1 aliphatic rings. The zero-order valence-corrected chi connectivity index (χ0v) is 18.2. The summed E-state index contributed by atoms with van der Waals surface area (Å²) in [6, 6.07) is 10.00. The third-order valence-corrected chi connectivity index (χ3v) is 5.77. The standard InChI is InChI=1S/C23H20FN7O2/c1-23(2)15-17(21(32)25-3)27-19(28-18(15)29-22(23)33)16-13-8-6-10-26-20(13)31(30-16)11-12-7-4-5-9-14(12)24/h4-10H,11H2,1-3H3,(H,25,32)(H,27,28,29,33). The molecule has 0 bridgehead atoms. The lowest BCUT2D eigenvalue weighted by Crippen LogP contribution is -2.30. The molecule has 5 rings (SSSR count). The lowest BCUT2D eigenvalue weighted by molar-refractivity contribution is -0.119. The first-order valence-corrected chi connectivity index (χ1v) is 10.3. The van der Waals surface area contributed by atoms with E-state index < -0.39 is 11.3 Å². The number of carbonyl (C=O) groups excluding carboxylic acids is 2. The molecule has 2 N–H and O–H groups in total. The molecule has 2 amide bonds. The van der Waals surface area contributed by atoms with Crippen molar-refractivity contribution in [2.24, 2.45) is 0 Å². The van der Waals surface area contributed by atoms with Gasteiger partial charge in [-0.25, -0.2) is 24.0 Å². The topological polar surface area (TPSA) is 115 Å². The smallest absolute Gasteiger partial charge is 0.270 e. The van der Waals surface area contributed by atoms with Crippen LogP contribution < -0.4 is 10.6 Å². The summed E-state index contributed by atoms with van der Waals surface area (Å²) in [7, 11) is 1.50. The lowest BCUT2D eigenvalue weighted by atomic mass is 9.85. The van der Waals surface area contributed by atoms with Gasteiger partial charge in [-0.1, -0.05) is 18.2 Å². The Morgan fingerprint density at radius 3 is 2.73 bits per heavy atom. The maximum atomic E-state index is 14.3. The van der Waals surface area contributed by atoms with Crippen LogP contribution in [0.15, 0.2) is 42.6 Å². The van der Waals surface area contributed by atoms with Crippen molar-refractivity contribution in [3.63, 3.8) is 0 Å². The molecule has 0 radical (unpaired) electrons. The van der Waals surface area contributed by atoms with E-state index in [1.165, 1.54) is 13.1 Å². The first-order chi connectivity index (χ1) is 15.8. The molecule has 0 unspecified atom stereocenters. The van der Waals surface area contributed by atoms with Gasteiger partial charge < -0.3 is 10.6 Å². The summed E-state index contributed by atoms with van der Waals surface area (Å²) in [6.45, 7) is 3.58. The molecule has 10 heteroatoms. The number of pyridine rings is 1. The Morgan fingerprint density at radius 2 is 1.97 bits per heavy atom. The molecule has 0 atom stereocenters. The van der Waals surface area contributed by atoms with E-state index in [1.54, 1.807) is 55.1 Å². The Kier molecular flexibility index (Phi) is 4.66. The maximum Gasteiger partial charge on any atom is 0.270 e. The first kappa shape index (κ1) is 20.7. The highest BCUT2D eigenvalue weighted by Gasteiger charge is 2.44. The highest BCUT2D eigenvalue weighted by Crippen LogP contribution is 2.39. The Bertz CT molecular complexity index is 1440. The van der Waals surface area contributed by atoms with Crippen molar-refractivity contribution >= 4 is 28.7 Å². The lowest BCUT2D eigenvalue weighted by Gasteiger charge is -2.17. The zero-order chi connectivity index (χ0) is 23.3. The molecule has 166 valence electrons. The fraction of sp³-hybridized carbons (Fsp3) is 0.217. The van der Waals surface area contributed by atoms with Crippen LogP contribution in [-0.2, 0) is 16.8 Å². The SMILES string of the molecule is CNC(=O)c1nc(-c2nn(Cc3ccccc3F)c3ncccc23)nc2c1C(C)(C)C(=O)N2. The Labute approximate surface area is 188 Å². The van der Waals surface area contributed by atoms with Gasteiger partial charge in [0.15, 0.2) is 11.5 Å². The maximum absolute atomic E-state index is 14.3. The van der Waals surface area contributed by atoms with Gasteiger partial charge in [0.25, 0.3) is 5.91 Å². The van der Waals surface area contributed by atoms with Crippen LogP contribution in [0.5, 0.6) is 0 Å². The summed E-state index contributed by atoms with van der Waals surface area (Å²) >= 11 is 0. The van der Waals surface area contributed by atoms with E-state index in [-0.39, 0.29) is 35.6 Å². The van der Waals surface area contributed by atoms with Crippen molar-refractivity contribution in [1.29, 1.82) is 0 Å². The van der Waals surface area contributed by atoms with Crippen LogP contribution >= 0.6 is 0 Å². The van der Waals surface area contributed by atoms with Crippen molar-refractivity contribution in [2.75, 3.05) is 12.4 Å². The first-order valence-electron chi connectivity index (χ1n) is 10.3. The summed E-state index contributed by atoms with van der Waals surface area (Å²) in [5, 5.41) is 10.6. The number of rotatable bonds is 4. The van der Waals surface area contributed by atoms with Crippen LogP contribution in [0.4, 0.5) is 10.2 Å². The van der Waals surface area contributed by atoms with E-state index in [9.17, 15) is 14.0 Å². The number of halogens is 1. The number of nitrogens with zero attached hydrogens (tertiary/aromatic N) is 5. The van der Waals surface area contributed by atoms with E-state index in [1.807, 2.05) is 0 Å². The summed E-state index contributed by atoms with van der Waals surface area (Å²) < 4.78 is 15.8. The number of fused-ring (bicyclic) bond motifs is 2. The zero-order valence-electron chi connectivity index (χ0n) is 18.2. The summed E-state index contributed by atoms with van der Waals surface area (Å²) in [4.78, 5) is 38.7. The molecule has 0 spiro atoms. The van der Waals surface area contributed by atoms with Gasteiger partial charge in [0.05, 0.1) is 17.3 Å². The van der Waals surface area contributed by atoms with Crippen molar-refractivity contribution < 1.29 is 14.0 Å². The fourth-order valence-corrected chi connectivity index (χ4v) is 3.98. The highest BCUT2D eigenvalue weighted by atomic mass is 19.1. The Hall–Kier alpha value is -4.21. The normalized spacial score (nSPS) is 14.2. The molecule has 4 heterocycles. The second kappa shape index (κ2) is 7.44. The van der Waals surface area contributed by atoms with E-state index in [2.05, 4.69) is 30.7 Å². The Balaban J connectivity index is 1.71. The quantitative estimate of drug-likeness (QED) is 0.499. The van der Waals surface area contributed by atoms with Crippen molar-refractivity contribution in [3.8, 4) is 11.5 Å². The van der Waals surface area contributed by atoms with Gasteiger partial charge in [-0.05, 0) is 32.0 Å². The number of aromatic nitrogens is 5. The van der Waals surface area contributed by atoms with Crippen LogP contribution in [0, 0.1) is 5.82 Å². The van der Waals surface area contributed by atoms with Crippen LogP contribution in [0.25, 0.3) is 22.6 Å². The number of nitrogens with one attached hydrogen (secondary N) is 2. The number of hydrogen-bond donors (Lipinski definition) is 2. The molecular formula is C23H20FN7O2. The van der Waals surface area contributed by atoms with Gasteiger partial charge in [-0.15, -0.1) is 0 Å². The average molecular weight is 445 g/mol. The third kappa shape index (κ3) is 3.22. The van der Waals surface area contributed by atoms with E-state index in [4.69, 9.17) is 0 Å². The minimum atomic E-state index is -0.969.